The minimum absolute atomic E-state index is 0.106. The Balaban J connectivity index is 3.36. The third kappa shape index (κ3) is 1.80. The molecule has 1 aromatic rings. The molecule has 1 aromatic heterocycles. The summed E-state index contributed by atoms with van der Waals surface area (Å²) in [5, 5.41) is 10.4. The van der Waals surface area contributed by atoms with E-state index in [0.717, 1.165) is 19.5 Å². The molecule has 0 N–H and O–H groups in total. The lowest BCUT2D eigenvalue weighted by atomic mass is 10.2. The molecule has 0 spiro atoms. The van der Waals surface area contributed by atoms with Gasteiger partial charge >= 0.3 is 11.7 Å². The second-order valence-electron chi connectivity index (χ2n) is 2.26. The maximum Gasteiger partial charge on any atom is 0.346 e. The van der Waals surface area contributed by atoms with Gasteiger partial charge in [0.05, 0.1) is 17.1 Å². The van der Waals surface area contributed by atoms with E-state index in [4.69, 9.17) is 11.6 Å². The van der Waals surface area contributed by atoms with Crippen molar-refractivity contribution in [3.8, 4) is 0 Å². The Kier molecular flexibility index (Phi) is 2.98. The van der Waals surface area contributed by atoms with Crippen molar-refractivity contribution in [2.24, 2.45) is 0 Å². The number of esters is 1. The molecule has 0 aromatic carbocycles. The average molecular weight is 217 g/mol. The number of ether oxygens (including phenoxy) is 1. The van der Waals surface area contributed by atoms with Crippen LogP contribution < -0.4 is 0 Å². The summed E-state index contributed by atoms with van der Waals surface area (Å²) in [6, 6.07) is 0. The van der Waals surface area contributed by atoms with Crippen LogP contribution in [0, 0.1) is 10.1 Å². The normalized spacial score (nSPS) is 9.57. The average Bonchev–Trinajstić information content (AvgIpc) is 2.16. The lowest BCUT2D eigenvalue weighted by Crippen LogP contribution is -2.07. The summed E-state index contributed by atoms with van der Waals surface area (Å²) in [6.07, 6.45) is 2.08. The van der Waals surface area contributed by atoms with Gasteiger partial charge in [0.15, 0.2) is 5.56 Å². The van der Waals surface area contributed by atoms with Gasteiger partial charge in [-0.1, -0.05) is 11.6 Å². The molecule has 14 heavy (non-hydrogen) atoms. The third-order valence-electron chi connectivity index (χ3n) is 1.47. The van der Waals surface area contributed by atoms with Crippen LogP contribution in [0.25, 0.3) is 0 Å². The molecule has 74 valence electrons. The molecule has 0 aliphatic carbocycles. The van der Waals surface area contributed by atoms with E-state index in [-0.39, 0.29) is 10.6 Å². The van der Waals surface area contributed by atoms with Crippen LogP contribution >= 0.6 is 11.6 Å². The molecule has 0 amide bonds. The first-order valence-corrected chi connectivity index (χ1v) is 3.82. The Morgan fingerprint density at radius 3 is 2.79 bits per heavy atom. The van der Waals surface area contributed by atoms with Crippen molar-refractivity contribution < 1.29 is 14.5 Å². The summed E-state index contributed by atoms with van der Waals surface area (Å²) < 4.78 is 4.35. The van der Waals surface area contributed by atoms with E-state index in [0.29, 0.717) is 0 Å². The molecular formula is C7H5ClN2O4. The zero-order valence-corrected chi connectivity index (χ0v) is 7.82. The maximum absolute atomic E-state index is 11.1. The first kappa shape index (κ1) is 10.4. The molecule has 0 bridgehead atoms. The van der Waals surface area contributed by atoms with Crippen LogP contribution in [-0.4, -0.2) is 23.0 Å². The van der Waals surface area contributed by atoms with E-state index in [1.54, 1.807) is 0 Å². The lowest BCUT2D eigenvalue weighted by Gasteiger charge is -2.01. The van der Waals surface area contributed by atoms with Gasteiger partial charge in [0.25, 0.3) is 0 Å². The largest absolute Gasteiger partial charge is 0.465 e. The molecule has 0 fully saturated rings. The first-order chi connectivity index (χ1) is 6.57. The molecule has 0 saturated carbocycles. The summed E-state index contributed by atoms with van der Waals surface area (Å²) in [4.78, 5) is 24.4. The molecule has 1 heterocycles. The summed E-state index contributed by atoms with van der Waals surface area (Å²) >= 11 is 5.58. The minimum atomic E-state index is -0.857. The second-order valence-corrected chi connectivity index (χ2v) is 2.67. The number of methoxy groups -OCH3 is 1. The molecule has 0 aliphatic heterocycles. The Hall–Kier alpha value is -1.69. The van der Waals surface area contributed by atoms with Gasteiger partial charge in [-0.3, -0.25) is 15.1 Å². The highest BCUT2D eigenvalue weighted by Crippen LogP contribution is 2.25. The highest BCUT2D eigenvalue weighted by atomic mass is 35.5. The Morgan fingerprint density at radius 1 is 1.64 bits per heavy atom. The third-order valence-corrected chi connectivity index (χ3v) is 1.75. The minimum Gasteiger partial charge on any atom is -0.465 e. The fourth-order valence-electron chi connectivity index (χ4n) is 0.867. The van der Waals surface area contributed by atoms with E-state index < -0.39 is 16.6 Å². The van der Waals surface area contributed by atoms with Gasteiger partial charge in [-0.15, -0.1) is 0 Å². The van der Waals surface area contributed by atoms with E-state index in [2.05, 4.69) is 9.72 Å². The summed E-state index contributed by atoms with van der Waals surface area (Å²) in [6.45, 7) is 0. The van der Waals surface area contributed by atoms with Crippen molar-refractivity contribution in [1.29, 1.82) is 0 Å². The Bertz CT molecular complexity index is 393. The predicted octanol–water partition coefficient (Wildman–Crippen LogP) is 1.43. The van der Waals surface area contributed by atoms with Crippen LogP contribution in [0.15, 0.2) is 12.4 Å². The van der Waals surface area contributed by atoms with Crippen molar-refractivity contribution in [2.45, 2.75) is 0 Å². The number of carbonyl (C=O) groups excluding carboxylic acids is 1. The zero-order chi connectivity index (χ0) is 10.7. The Morgan fingerprint density at radius 2 is 2.29 bits per heavy atom. The summed E-state index contributed by atoms with van der Waals surface area (Å²) in [5.74, 6) is -0.857. The van der Waals surface area contributed by atoms with E-state index in [9.17, 15) is 14.9 Å². The lowest BCUT2D eigenvalue weighted by molar-refractivity contribution is -0.385. The van der Waals surface area contributed by atoms with Crippen LogP contribution in [0.5, 0.6) is 0 Å². The molecule has 6 nitrogen and oxygen atoms in total. The molecule has 7 heteroatoms. The van der Waals surface area contributed by atoms with Crippen LogP contribution in [0.2, 0.25) is 5.02 Å². The molecule has 0 unspecified atom stereocenters. The van der Waals surface area contributed by atoms with Crippen molar-refractivity contribution in [2.75, 3.05) is 7.11 Å². The monoisotopic (exact) mass is 216 g/mol. The van der Waals surface area contributed by atoms with E-state index >= 15 is 0 Å². The first-order valence-electron chi connectivity index (χ1n) is 3.44. The number of carbonyl (C=O) groups is 1. The van der Waals surface area contributed by atoms with Gasteiger partial charge in [-0.2, -0.15) is 0 Å². The zero-order valence-electron chi connectivity index (χ0n) is 7.06. The number of nitro groups is 1. The predicted molar refractivity (Wildman–Crippen MR) is 47.2 cm³/mol. The topological polar surface area (TPSA) is 82.3 Å². The Labute approximate surface area is 83.6 Å². The standard InChI is InChI=1S/C7H5ClN2O4/c1-14-7(11)6-4(8)2-9-3-5(6)10(12)13/h2-3H,1H3. The maximum atomic E-state index is 11.1. The number of pyridine rings is 1. The second kappa shape index (κ2) is 4.01. The quantitative estimate of drug-likeness (QED) is 0.424. The van der Waals surface area contributed by atoms with Crippen molar-refractivity contribution in [3.63, 3.8) is 0 Å². The van der Waals surface area contributed by atoms with E-state index in [1.165, 1.54) is 0 Å². The number of hydrogen-bond acceptors (Lipinski definition) is 5. The fourth-order valence-corrected chi connectivity index (χ4v) is 1.10. The fraction of sp³-hybridized carbons (Fsp3) is 0.143. The number of nitrogens with zero attached hydrogens (tertiary/aromatic N) is 2. The van der Waals surface area contributed by atoms with Gasteiger partial charge in [0.2, 0.25) is 0 Å². The summed E-state index contributed by atoms with van der Waals surface area (Å²) in [7, 11) is 1.11. The SMILES string of the molecule is COC(=O)c1c(Cl)cncc1[N+](=O)[O-]. The van der Waals surface area contributed by atoms with Gasteiger partial charge in [-0.25, -0.2) is 4.79 Å². The highest BCUT2D eigenvalue weighted by Gasteiger charge is 2.24. The van der Waals surface area contributed by atoms with Gasteiger partial charge in [-0.05, 0) is 0 Å². The number of hydrogen-bond donors (Lipinski definition) is 0. The van der Waals surface area contributed by atoms with Crippen LogP contribution in [0.4, 0.5) is 5.69 Å². The molecule has 0 saturated heterocycles. The molecular weight excluding hydrogens is 212 g/mol. The highest BCUT2D eigenvalue weighted by molar-refractivity contribution is 6.34. The number of aromatic nitrogens is 1. The smallest absolute Gasteiger partial charge is 0.346 e. The number of rotatable bonds is 2. The van der Waals surface area contributed by atoms with Gasteiger partial charge in [0.1, 0.15) is 6.20 Å². The summed E-state index contributed by atoms with van der Waals surface area (Å²) in [5.41, 5.74) is -0.751. The molecule has 1 rings (SSSR count). The number of halogens is 1. The molecule has 0 radical (unpaired) electrons. The molecule has 0 atom stereocenters. The van der Waals surface area contributed by atoms with E-state index in [1.807, 2.05) is 0 Å². The van der Waals surface area contributed by atoms with Crippen LogP contribution in [0.1, 0.15) is 10.4 Å². The van der Waals surface area contributed by atoms with Crippen molar-refractivity contribution >= 4 is 23.3 Å². The van der Waals surface area contributed by atoms with Gasteiger partial charge < -0.3 is 4.74 Å². The van der Waals surface area contributed by atoms with Crippen LogP contribution in [0.3, 0.4) is 0 Å². The molecule has 0 aliphatic rings. The van der Waals surface area contributed by atoms with Crippen molar-refractivity contribution in [3.05, 3.63) is 33.1 Å². The van der Waals surface area contributed by atoms with Crippen molar-refractivity contribution in [1.82, 2.24) is 4.98 Å². The van der Waals surface area contributed by atoms with Crippen LogP contribution in [-0.2, 0) is 4.74 Å². The van der Waals surface area contributed by atoms with Gasteiger partial charge in [0, 0.05) is 6.20 Å².